The van der Waals surface area contributed by atoms with Gasteiger partial charge in [-0.1, -0.05) is 132 Å². The second-order valence-electron chi connectivity index (χ2n) is 8.67. The van der Waals surface area contributed by atoms with Crippen molar-refractivity contribution in [3.05, 3.63) is 136 Å². The van der Waals surface area contributed by atoms with Crippen LogP contribution in [0.3, 0.4) is 0 Å². The number of benzene rings is 1. The van der Waals surface area contributed by atoms with Crippen LogP contribution in [0, 0.1) is 0 Å². The van der Waals surface area contributed by atoms with E-state index in [2.05, 4.69) is 97.7 Å². The minimum absolute atomic E-state index is 0.957. The molecule has 1 aromatic carbocycles. The normalized spacial score (nSPS) is 15.5. The van der Waals surface area contributed by atoms with Crippen molar-refractivity contribution >= 4 is 0 Å². The van der Waals surface area contributed by atoms with E-state index in [4.69, 9.17) is 0 Å². The Hall–Kier alpha value is -3.08. The number of rotatable bonds is 6. The first-order valence-corrected chi connectivity index (χ1v) is 14.5. The summed E-state index contributed by atoms with van der Waals surface area (Å²) in [5, 5.41) is 0. The minimum Gasteiger partial charge on any atom is -0.118 e. The summed E-state index contributed by atoms with van der Waals surface area (Å²) in [5.74, 6) is 0. The molecule has 0 unspecified atom stereocenters. The summed E-state index contributed by atoms with van der Waals surface area (Å²) in [5.41, 5.74) is 13.0. The van der Waals surface area contributed by atoms with E-state index in [1.54, 1.807) is 5.57 Å². The fourth-order valence-corrected chi connectivity index (χ4v) is 4.33. The van der Waals surface area contributed by atoms with Crippen LogP contribution in [-0.4, -0.2) is 0 Å². The molecule has 0 fully saturated rings. The minimum atomic E-state index is 0.957. The molecule has 198 valence electrons. The highest BCUT2D eigenvalue weighted by molar-refractivity contribution is 5.42. The average molecular weight is 495 g/mol. The molecule has 0 amide bonds. The van der Waals surface area contributed by atoms with Crippen molar-refractivity contribution in [1.29, 1.82) is 0 Å². The van der Waals surface area contributed by atoms with Crippen molar-refractivity contribution < 1.29 is 0 Å². The molecule has 0 aliphatic heterocycles. The lowest BCUT2D eigenvalue weighted by atomic mass is 9.92. The molecule has 0 nitrogen and oxygen atoms in total. The van der Waals surface area contributed by atoms with Gasteiger partial charge in [0.15, 0.2) is 0 Å². The maximum absolute atomic E-state index is 3.30. The fourth-order valence-electron chi connectivity index (χ4n) is 4.33. The first-order chi connectivity index (χ1) is 18.2. The molecular weight excluding hydrogens is 444 g/mol. The lowest BCUT2D eigenvalue weighted by Gasteiger charge is -2.13. The van der Waals surface area contributed by atoms with Crippen LogP contribution in [0.4, 0.5) is 0 Å². The first kappa shape index (κ1) is 31.9. The molecule has 0 aromatic heterocycles. The van der Waals surface area contributed by atoms with Gasteiger partial charge in [0.2, 0.25) is 0 Å². The topological polar surface area (TPSA) is 0 Å². The molecule has 37 heavy (non-hydrogen) atoms. The molecule has 0 saturated heterocycles. The lowest BCUT2D eigenvalue weighted by molar-refractivity contribution is 0.925. The second-order valence-corrected chi connectivity index (χ2v) is 8.67. The third-order valence-corrected chi connectivity index (χ3v) is 5.91. The van der Waals surface area contributed by atoms with Crippen molar-refractivity contribution in [1.82, 2.24) is 0 Å². The summed E-state index contributed by atoms with van der Waals surface area (Å²) >= 11 is 0. The van der Waals surface area contributed by atoms with Crippen LogP contribution in [0.2, 0.25) is 0 Å². The molecule has 3 aliphatic rings. The molecule has 4 rings (SSSR count). The Morgan fingerprint density at radius 2 is 1.30 bits per heavy atom. The van der Waals surface area contributed by atoms with E-state index in [9.17, 15) is 0 Å². The van der Waals surface area contributed by atoms with Gasteiger partial charge in [0.05, 0.1) is 0 Å². The van der Waals surface area contributed by atoms with Gasteiger partial charge in [-0.05, 0) is 91.4 Å². The average Bonchev–Trinajstić information content (AvgIpc) is 3.43. The number of allylic oxidation sites excluding steroid dienone is 15. The van der Waals surface area contributed by atoms with Crippen LogP contribution >= 0.6 is 0 Å². The van der Waals surface area contributed by atoms with Crippen molar-refractivity contribution in [3.63, 3.8) is 0 Å². The van der Waals surface area contributed by atoms with E-state index < -0.39 is 0 Å². The van der Waals surface area contributed by atoms with Crippen molar-refractivity contribution in [2.24, 2.45) is 0 Å². The molecule has 0 heteroatoms. The van der Waals surface area contributed by atoms with Crippen LogP contribution in [0.1, 0.15) is 90.8 Å². The van der Waals surface area contributed by atoms with Gasteiger partial charge in [0.1, 0.15) is 0 Å². The largest absolute Gasteiger partial charge is 0.118 e. The van der Waals surface area contributed by atoms with Crippen LogP contribution in [0.15, 0.2) is 119 Å². The lowest BCUT2D eigenvalue weighted by Crippen LogP contribution is -1.99. The van der Waals surface area contributed by atoms with E-state index in [1.807, 2.05) is 47.6 Å². The van der Waals surface area contributed by atoms with Crippen molar-refractivity contribution in [2.45, 2.75) is 93.4 Å². The Labute approximate surface area is 229 Å². The van der Waals surface area contributed by atoms with E-state index in [1.165, 1.54) is 46.3 Å². The third kappa shape index (κ3) is 12.6. The third-order valence-electron chi connectivity index (χ3n) is 5.91. The van der Waals surface area contributed by atoms with Gasteiger partial charge in [-0.3, -0.25) is 0 Å². The molecule has 0 bridgehead atoms. The van der Waals surface area contributed by atoms with Gasteiger partial charge in [-0.25, -0.2) is 0 Å². The van der Waals surface area contributed by atoms with Gasteiger partial charge in [0, 0.05) is 0 Å². The zero-order valence-corrected chi connectivity index (χ0v) is 24.6. The van der Waals surface area contributed by atoms with Gasteiger partial charge in [-0.15, -0.1) is 5.73 Å². The standard InChI is InChI=1S/C31H32.3C2H6/c1-25-11-10-16-28(18-17-25)21-31-23-29(19-26-12-6-2-3-7-13-26)22-30(24-31)20-27-14-8-4-5-9-15-27;3*1-2/h2-4,8-10,12,14-18,22-24H,5-7,13,19-21H2,1H3;3*1-2H3. The number of hydrogen-bond donors (Lipinski definition) is 0. The summed E-state index contributed by atoms with van der Waals surface area (Å²) in [4.78, 5) is 0. The molecule has 0 spiro atoms. The van der Waals surface area contributed by atoms with E-state index >= 15 is 0 Å². The highest BCUT2D eigenvalue weighted by Gasteiger charge is 2.08. The van der Waals surface area contributed by atoms with Gasteiger partial charge < -0.3 is 0 Å². The van der Waals surface area contributed by atoms with Gasteiger partial charge in [0.25, 0.3) is 0 Å². The molecule has 1 aromatic rings. The molecule has 0 radical (unpaired) electrons. The Kier molecular flexibility index (Phi) is 17.3. The maximum atomic E-state index is 3.30. The van der Waals surface area contributed by atoms with E-state index in [0.29, 0.717) is 0 Å². The van der Waals surface area contributed by atoms with Crippen LogP contribution < -0.4 is 0 Å². The van der Waals surface area contributed by atoms with Crippen molar-refractivity contribution in [3.8, 4) is 0 Å². The zero-order chi connectivity index (χ0) is 27.3. The predicted octanol–water partition coefficient (Wildman–Crippen LogP) is 11.1. The molecule has 0 saturated carbocycles. The Balaban J connectivity index is 0.00000106. The van der Waals surface area contributed by atoms with Crippen molar-refractivity contribution in [2.75, 3.05) is 0 Å². The molecule has 0 N–H and O–H groups in total. The molecule has 0 atom stereocenters. The predicted molar refractivity (Wildman–Crippen MR) is 168 cm³/mol. The molecule has 3 aliphatic carbocycles. The van der Waals surface area contributed by atoms with Crippen LogP contribution in [0.5, 0.6) is 0 Å². The van der Waals surface area contributed by atoms with Crippen LogP contribution in [-0.2, 0) is 19.3 Å². The smallest absolute Gasteiger partial charge is 0.00253 e. The van der Waals surface area contributed by atoms with Gasteiger partial charge in [-0.2, -0.15) is 0 Å². The summed E-state index contributed by atoms with van der Waals surface area (Å²) in [7, 11) is 0. The fraction of sp³-hybridized carbons (Fsp3) is 0.378. The molecular formula is C37H50. The highest BCUT2D eigenvalue weighted by atomic mass is 14.1. The summed E-state index contributed by atoms with van der Waals surface area (Å²) in [6, 6.07) is 7.25. The monoisotopic (exact) mass is 494 g/mol. The Morgan fingerprint density at radius 1 is 0.649 bits per heavy atom. The molecule has 0 heterocycles. The summed E-state index contributed by atoms with van der Waals surface area (Å²) in [6.45, 7) is 14.1. The SMILES string of the molecule is CC.CC.CC.CC1=C=CC=C(Cc2cc(CC3=CC=CCC=C3)cc(CC3=CCC=CCC3)c2)C=C1. The Bertz CT molecular complexity index is 1080. The number of hydrogen-bond acceptors (Lipinski definition) is 0. The second kappa shape index (κ2) is 20.0. The Morgan fingerprint density at radius 3 is 2.00 bits per heavy atom. The highest BCUT2D eigenvalue weighted by Crippen LogP contribution is 2.23. The summed E-state index contributed by atoms with van der Waals surface area (Å²) < 4.78 is 0. The summed E-state index contributed by atoms with van der Waals surface area (Å²) in [6.07, 6.45) is 34.3. The zero-order valence-electron chi connectivity index (χ0n) is 24.6. The first-order valence-electron chi connectivity index (χ1n) is 14.5. The maximum Gasteiger partial charge on any atom is -0.00253 e. The van der Waals surface area contributed by atoms with Crippen LogP contribution in [0.25, 0.3) is 0 Å². The van der Waals surface area contributed by atoms with E-state index in [0.717, 1.165) is 32.1 Å². The quantitative estimate of drug-likeness (QED) is 0.272. The van der Waals surface area contributed by atoms with Gasteiger partial charge >= 0.3 is 0 Å². The van der Waals surface area contributed by atoms with E-state index in [-0.39, 0.29) is 0 Å².